The van der Waals surface area contributed by atoms with Gasteiger partial charge in [-0.3, -0.25) is 5.41 Å². The van der Waals surface area contributed by atoms with Crippen molar-refractivity contribution in [2.75, 3.05) is 6.26 Å². The number of rotatable bonds is 7. The molecule has 0 atom stereocenters. The molecule has 0 radical (unpaired) electrons. The molecule has 1 heterocycles. The Hall–Kier alpha value is -2.09. The molecule has 1 aromatic heterocycles. The van der Waals surface area contributed by atoms with Crippen LogP contribution in [0.25, 0.3) is 5.57 Å². The molecule has 7 heteroatoms. The molecule has 2 rings (SSSR count). The van der Waals surface area contributed by atoms with Crippen molar-refractivity contribution in [3.8, 4) is 0 Å². The van der Waals surface area contributed by atoms with Crippen molar-refractivity contribution in [1.29, 1.82) is 5.41 Å². The fourth-order valence-corrected chi connectivity index (χ4v) is 6.41. The molecule has 142 valence electrons. The molecule has 0 saturated carbocycles. The number of thioether (sulfide) groups is 1. The lowest BCUT2D eigenvalue weighted by atomic mass is 10.0. The first-order chi connectivity index (χ1) is 12.8. The summed E-state index contributed by atoms with van der Waals surface area (Å²) in [5.74, 6) is -0.134. The van der Waals surface area contributed by atoms with Crippen LogP contribution in [-0.2, 0) is 9.84 Å². The number of nitrogen functional groups attached to an aromatic ring is 1. The van der Waals surface area contributed by atoms with Crippen LogP contribution in [0.3, 0.4) is 0 Å². The summed E-state index contributed by atoms with van der Waals surface area (Å²) in [7, 11) is -3.73. The average molecular weight is 419 g/mol. The van der Waals surface area contributed by atoms with E-state index in [1.165, 1.54) is 29.2 Å². The van der Waals surface area contributed by atoms with E-state index < -0.39 is 9.84 Å². The Labute approximate surface area is 168 Å². The molecule has 0 fully saturated rings. The summed E-state index contributed by atoms with van der Waals surface area (Å²) in [6.45, 7) is 7.66. The Morgan fingerprint density at radius 1 is 1.33 bits per heavy atom. The Kier molecular flexibility index (Phi) is 6.86. The van der Waals surface area contributed by atoms with Crippen LogP contribution in [0, 0.1) is 5.41 Å². The second-order valence-electron chi connectivity index (χ2n) is 5.71. The normalized spacial score (nSPS) is 12.9. The van der Waals surface area contributed by atoms with E-state index in [9.17, 15) is 8.42 Å². The van der Waals surface area contributed by atoms with Crippen LogP contribution in [-0.4, -0.2) is 20.5 Å². The van der Waals surface area contributed by atoms with Crippen LogP contribution >= 0.6 is 23.1 Å². The molecule has 0 aliphatic carbocycles. The second-order valence-corrected chi connectivity index (χ2v) is 9.76. The number of allylic oxidation sites excluding steroid dienone is 5. The first kappa shape index (κ1) is 21.2. The lowest BCUT2D eigenvalue weighted by Crippen LogP contribution is -2.09. The van der Waals surface area contributed by atoms with Gasteiger partial charge < -0.3 is 5.73 Å². The van der Waals surface area contributed by atoms with Crippen LogP contribution in [0.4, 0.5) is 0 Å². The van der Waals surface area contributed by atoms with E-state index in [4.69, 9.17) is 11.1 Å². The maximum Gasteiger partial charge on any atom is 0.208 e. The average Bonchev–Trinajstić information content (AvgIpc) is 3.11. The number of sulfone groups is 1. The van der Waals surface area contributed by atoms with Gasteiger partial charge in [-0.1, -0.05) is 36.9 Å². The number of nitrogens with one attached hydrogen (secondary N) is 1. The SMILES string of the molecule is C=C/C(C)=C(\C=C/C)c1cccc(S(=O)(=O)c2cc(C(=N)N)sc2SC)c1. The van der Waals surface area contributed by atoms with Gasteiger partial charge in [-0.05, 0) is 55.0 Å². The van der Waals surface area contributed by atoms with Gasteiger partial charge in [-0.25, -0.2) is 8.42 Å². The molecule has 0 unspecified atom stereocenters. The number of hydrogen-bond donors (Lipinski definition) is 2. The van der Waals surface area contributed by atoms with E-state index in [2.05, 4.69) is 6.58 Å². The first-order valence-corrected chi connectivity index (χ1v) is 11.6. The molecular formula is C20H22N2O2S3. The van der Waals surface area contributed by atoms with Gasteiger partial charge in [0.2, 0.25) is 9.84 Å². The fraction of sp³-hybridized carbons (Fsp3) is 0.150. The van der Waals surface area contributed by atoms with Gasteiger partial charge in [-0.15, -0.1) is 23.1 Å². The van der Waals surface area contributed by atoms with E-state index in [0.717, 1.165) is 16.7 Å². The Balaban J connectivity index is 2.66. The highest BCUT2D eigenvalue weighted by molar-refractivity contribution is 8.01. The smallest absolute Gasteiger partial charge is 0.208 e. The monoisotopic (exact) mass is 418 g/mol. The van der Waals surface area contributed by atoms with Crippen molar-refractivity contribution in [3.05, 3.63) is 71.2 Å². The number of thiophene rings is 1. The quantitative estimate of drug-likeness (QED) is 0.283. The predicted molar refractivity (Wildman–Crippen MR) is 117 cm³/mol. The molecule has 3 N–H and O–H groups in total. The Bertz CT molecular complexity index is 1040. The van der Waals surface area contributed by atoms with Crippen LogP contribution in [0.5, 0.6) is 0 Å². The van der Waals surface area contributed by atoms with Gasteiger partial charge >= 0.3 is 0 Å². The highest BCUT2D eigenvalue weighted by Gasteiger charge is 2.25. The zero-order valence-corrected chi connectivity index (χ0v) is 17.9. The first-order valence-electron chi connectivity index (χ1n) is 8.10. The predicted octanol–water partition coefficient (Wildman–Crippen LogP) is 5.12. The van der Waals surface area contributed by atoms with Crippen LogP contribution in [0.2, 0.25) is 0 Å². The summed E-state index contributed by atoms with van der Waals surface area (Å²) in [5, 5.41) is 7.60. The zero-order chi connectivity index (χ0) is 20.2. The molecule has 0 saturated heterocycles. The Morgan fingerprint density at radius 2 is 2.04 bits per heavy atom. The van der Waals surface area contributed by atoms with Crippen LogP contribution < -0.4 is 5.73 Å². The van der Waals surface area contributed by atoms with Crippen LogP contribution in [0.1, 0.15) is 24.3 Å². The third kappa shape index (κ3) is 4.43. The minimum atomic E-state index is -3.73. The summed E-state index contributed by atoms with van der Waals surface area (Å²) in [5.41, 5.74) is 8.23. The van der Waals surface area contributed by atoms with E-state index in [1.807, 2.05) is 38.3 Å². The van der Waals surface area contributed by atoms with E-state index >= 15 is 0 Å². The third-order valence-corrected chi connectivity index (χ3v) is 8.26. The van der Waals surface area contributed by atoms with Gasteiger partial charge in [0.15, 0.2) is 0 Å². The van der Waals surface area contributed by atoms with Gasteiger partial charge in [-0.2, -0.15) is 0 Å². The molecule has 0 aliphatic heterocycles. The maximum atomic E-state index is 13.2. The minimum absolute atomic E-state index is 0.134. The zero-order valence-electron chi connectivity index (χ0n) is 15.4. The van der Waals surface area contributed by atoms with Crippen molar-refractivity contribution in [1.82, 2.24) is 0 Å². The molecule has 0 amide bonds. The fourth-order valence-electron chi connectivity index (χ4n) is 2.51. The third-order valence-electron chi connectivity index (χ3n) is 3.93. The molecular weight excluding hydrogens is 396 g/mol. The minimum Gasteiger partial charge on any atom is -0.383 e. The lowest BCUT2D eigenvalue weighted by molar-refractivity contribution is 0.595. The molecule has 0 aliphatic rings. The maximum absolute atomic E-state index is 13.2. The van der Waals surface area contributed by atoms with Gasteiger partial charge in [0.1, 0.15) is 5.84 Å². The molecule has 1 aromatic carbocycles. The van der Waals surface area contributed by atoms with Crippen molar-refractivity contribution in [3.63, 3.8) is 0 Å². The van der Waals surface area contributed by atoms with E-state index in [0.29, 0.717) is 9.09 Å². The van der Waals surface area contributed by atoms with Crippen molar-refractivity contribution in [2.24, 2.45) is 5.73 Å². The van der Waals surface area contributed by atoms with Crippen molar-refractivity contribution in [2.45, 2.75) is 27.8 Å². The highest BCUT2D eigenvalue weighted by Crippen LogP contribution is 2.37. The summed E-state index contributed by atoms with van der Waals surface area (Å²) in [4.78, 5) is 0.854. The molecule has 4 nitrogen and oxygen atoms in total. The van der Waals surface area contributed by atoms with Crippen molar-refractivity contribution >= 4 is 44.3 Å². The topological polar surface area (TPSA) is 84.0 Å². The van der Waals surface area contributed by atoms with E-state index in [-0.39, 0.29) is 15.6 Å². The molecule has 0 bridgehead atoms. The van der Waals surface area contributed by atoms with Gasteiger partial charge in [0.25, 0.3) is 0 Å². The van der Waals surface area contributed by atoms with Crippen molar-refractivity contribution < 1.29 is 8.42 Å². The second kappa shape index (κ2) is 8.73. The largest absolute Gasteiger partial charge is 0.383 e. The standard InChI is InChI=1S/C20H22N2O2S3/c1-5-8-16(13(3)6-2)14-9-7-10-15(11-14)27(23,24)18-12-17(19(21)22)26-20(18)25-4/h5-12H,2H2,1,3-4H3,(H3,21,22)/b8-5-,16-13+. The highest BCUT2D eigenvalue weighted by atomic mass is 32.2. The summed E-state index contributed by atoms with van der Waals surface area (Å²) in [6.07, 6.45) is 7.41. The molecule has 0 spiro atoms. The van der Waals surface area contributed by atoms with E-state index in [1.54, 1.807) is 24.3 Å². The summed E-state index contributed by atoms with van der Waals surface area (Å²) in [6, 6.07) is 8.36. The van der Waals surface area contributed by atoms with Gasteiger partial charge in [0.05, 0.1) is 18.9 Å². The Morgan fingerprint density at radius 3 is 2.59 bits per heavy atom. The van der Waals surface area contributed by atoms with Crippen LogP contribution in [0.15, 0.2) is 74.7 Å². The summed E-state index contributed by atoms with van der Waals surface area (Å²) >= 11 is 2.55. The molecule has 2 aromatic rings. The summed E-state index contributed by atoms with van der Waals surface area (Å²) < 4.78 is 27.1. The number of hydrogen-bond acceptors (Lipinski definition) is 5. The number of benzene rings is 1. The molecule has 27 heavy (non-hydrogen) atoms. The lowest BCUT2D eigenvalue weighted by Gasteiger charge is -2.10. The van der Waals surface area contributed by atoms with Gasteiger partial charge in [0, 0.05) is 0 Å². The number of amidine groups is 1. The number of nitrogens with two attached hydrogens (primary N) is 1.